The van der Waals surface area contributed by atoms with Crippen molar-refractivity contribution in [3.05, 3.63) is 18.2 Å². The molecule has 0 aliphatic carbocycles. The van der Waals surface area contributed by atoms with E-state index < -0.39 is 0 Å². The fourth-order valence-electron chi connectivity index (χ4n) is 1.63. The third-order valence-electron chi connectivity index (χ3n) is 2.65. The van der Waals surface area contributed by atoms with Crippen molar-refractivity contribution >= 4 is 17.3 Å². The molecule has 1 amide bonds. The van der Waals surface area contributed by atoms with Gasteiger partial charge in [-0.05, 0) is 26.0 Å². The van der Waals surface area contributed by atoms with E-state index in [0.29, 0.717) is 36.9 Å². The normalized spacial score (nSPS) is 10.7. The fraction of sp³-hybridized carbons (Fsp3) is 0.533. The Morgan fingerprint density at radius 2 is 2.05 bits per heavy atom. The van der Waals surface area contributed by atoms with Gasteiger partial charge in [0.05, 0.1) is 45.1 Å². The number of nitrogens with one attached hydrogen (secondary N) is 1. The van der Waals surface area contributed by atoms with Gasteiger partial charge in [0, 0.05) is 11.8 Å². The summed E-state index contributed by atoms with van der Waals surface area (Å²) in [4.78, 5) is 11.8. The quantitative estimate of drug-likeness (QED) is 0.538. The number of benzene rings is 1. The van der Waals surface area contributed by atoms with Gasteiger partial charge in [-0.15, -0.1) is 0 Å². The molecule has 118 valence electrons. The summed E-state index contributed by atoms with van der Waals surface area (Å²) in [6.45, 7) is 5.30. The molecule has 0 aliphatic rings. The Morgan fingerprint density at radius 3 is 2.71 bits per heavy atom. The Morgan fingerprint density at radius 1 is 1.29 bits per heavy atom. The number of nitrogens with two attached hydrogens (primary N) is 1. The zero-order chi connectivity index (χ0) is 15.7. The predicted octanol–water partition coefficient (Wildman–Crippen LogP) is 2.05. The van der Waals surface area contributed by atoms with Gasteiger partial charge in [-0.2, -0.15) is 0 Å². The molecule has 0 saturated carbocycles. The van der Waals surface area contributed by atoms with Crippen molar-refractivity contribution in [3.63, 3.8) is 0 Å². The van der Waals surface area contributed by atoms with E-state index in [-0.39, 0.29) is 18.4 Å². The second kappa shape index (κ2) is 9.20. The van der Waals surface area contributed by atoms with Gasteiger partial charge >= 0.3 is 0 Å². The second-order valence-electron chi connectivity index (χ2n) is 4.79. The molecule has 1 aromatic rings. The molecule has 0 radical (unpaired) electrons. The Kier molecular flexibility index (Phi) is 7.56. The average molecular weight is 296 g/mol. The summed E-state index contributed by atoms with van der Waals surface area (Å²) in [5, 5.41) is 2.77. The molecule has 0 heterocycles. The van der Waals surface area contributed by atoms with Gasteiger partial charge in [-0.3, -0.25) is 4.79 Å². The van der Waals surface area contributed by atoms with E-state index in [1.165, 1.54) is 7.11 Å². The Bertz CT molecular complexity index is 449. The van der Waals surface area contributed by atoms with Crippen LogP contribution in [0.4, 0.5) is 11.4 Å². The number of carbonyl (C=O) groups is 1. The van der Waals surface area contributed by atoms with Gasteiger partial charge in [0.1, 0.15) is 5.75 Å². The average Bonchev–Trinajstić information content (AvgIpc) is 2.44. The summed E-state index contributed by atoms with van der Waals surface area (Å²) < 4.78 is 15.8. The van der Waals surface area contributed by atoms with Crippen LogP contribution >= 0.6 is 0 Å². The van der Waals surface area contributed by atoms with Crippen molar-refractivity contribution in [1.29, 1.82) is 0 Å². The van der Waals surface area contributed by atoms with E-state index in [4.69, 9.17) is 19.9 Å². The number of nitrogen functional groups attached to an aromatic ring is 1. The minimum absolute atomic E-state index is 0.136. The molecule has 0 aromatic heterocycles. The van der Waals surface area contributed by atoms with Crippen molar-refractivity contribution in [3.8, 4) is 5.75 Å². The van der Waals surface area contributed by atoms with Crippen LogP contribution in [0.15, 0.2) is 18.2 Å². The van der Waals surface area contributed by atoms with Crippen LogP contribution in [0.25, 0.3) is 0 Å². The molecule has 6 nitrogen and oxygen atoms in total. The molecule has 1 aromatic carbocycles. The highest BCUT2D eigenvalue weighted by atomic mass is 16.5. The maximum Gasteiger partial charge on any atom is 0.226 e. The highest BCUT2D eigenvalue weighted by Gasteiger charge is 2.07. The molecule has 21 heavy (non-hydrogen) atoms. The van der Waals surface area contributed by atoms with Gasteiger partial charge in [0.2, 0.25) is 5.91 Å². The summed E-state index contributed by atoms with van der Waals surface area (Å²) in [5.74, 6) is 0.400. The van der Waals surface area contributed by atoms with Gasteiger partial charge in [0.25, 0.3) is 0 Å². The Labute approximate surface area is 125 Å². The molecule has 0 unspecified atom stereocenters. The Balaban J connectivity index is 2.28. The molecule has 0 atom stereocenters. The van der Waals surface area contributed by atoms with Gasteiger partial charge in [0.15, 0.2) is 0 Å². The summed E-state index contributed by atoms with van der Waals surface area (Å²) in [7, 11) is 1.53. The smallest absolute Gasteiger partial charge is 0.226 e. The number of anilines is 2. The minimum atomic E-state index is -0.136. The fourth-order valence-corrected chi connectivity index (χ4v) is 1.63. The van der Waals surface area contributed by atoms with Crippen LogP contribution in [-0.4, -0.2) is 38.9 Å². The SMILES string of the molecule is COc1cc(N)ccc1NC(=O)CCOCCOC(C)C. The molecule has 0 bridgehead atoms. The van der Waals surface area contributed by atoms with E-state index in [1.807, 2.05) is 13.8 Å². The number of methoxy groups -OCH3 is 1. The third-order valence-corrected chi connectivity index (χ3v) is 2.65. The van der Waals surface area contributed by atoms with Crippen molar-refractivity contribution in [2.24, 2.45) is 0 Å². The lowest BCUT2D eigenvalue weighted by Crippen LogP contribution is -2.16. The summed E-state index contributed by atoms with van der Waals surface area (Å²) in [6.07, 6.45) is 0.463. The van der Waals surface area contributed by atoms with E-state index in [1.54, 1.807) is 18.2 Å². The van der Waals surface area contributed by atoms with Crippen molar-refractivity contribution in [1.82, 2.24) is 0 Å². The largest absolute Gasteiger partial charge is 0.494 e. The summed E-state index contributed by atoms with van der Waals surface area (Å²) in [5.41, 5.74) is 6.84. The van der Waals surface area contributed by atoms with Crippen LogP contribution in [0, 0.1) is 0 Å². The van der Waals surface area contributed by atoms with Crippen LogP contribution in [0.2, 0.25) is 0 Å². The van der Waals surface area contributed by atoms with Crippen molar-refractivity contribution in [2.45, 2.75) is 26.4 Å². The first kappa shape index (κ1) is 17.3. The first-order valence-electron chi connectivity index (χ1n) is 6.95. The number of hydrogen-bond donors (Lipinski definition) is 2. The number of ether oxygens (including phenoxy) is 3. The molecular weight excluding hydrogens is 272 g/mol. The summed E-state index contributed by atoms with van der Waals surface area (Å²) >= 11 is 0. The zero-order valence-electron chi connectivity index (χ0n) is 12.8. The molecule has 0 fully saturated rings. The molecule has 1 rings (SSSR count). The van der Waals surface area contributed by atoms with Crippen molar-refractivity contribution < 1.29 is 19.0 Å². The van der Waals surface area contributed by atoms with E-state index in [0.717, 1.165) is 0 Å². The van der Waals surface area contributed by atoms with Crippen LogP contribution in [-0.2, 0) is 14.3 Å². The Hall–Kier alpha value is -1.79. The van der Waals surface area contributed by atoms with Crippen molar-refractivity contribution in [2.75, 3.05) is 38.0 Å². The van der Waals surface area contributed by atoms with Gasteiger partial charge in [-0.25, -0.2) is 0 Å². The third kappa shape index (κ3) is 6.97. The van der Waals surface area contributed by atoms with Crippen LogP contribution < -0.4 is 15.8 Å². The van der Waals surface area contributed by atoms with Crippen LogP contribution in [0.5, 0.6) is 5.75 Å². The van der Waals surface area contributed by atoms with Crippen LogP contribution in [0.3, 0.4) is 0 Å². The topological polar surface area (TPSA) is 82.8 Å². The predicted molar refractivity (Wildman–Crippen MR) is 82.6 cm³/mol. The molecule has 0 spiro atoms. The number of rotatable bonds is 9. The summed E-state index contributed by atoms with van der Waals surface area (Å²) in [6, 6.07) is 5.08. The van der Waals surface area contributed by atoms with Gasteiger partial charge < -0.3 is 25.3 Å². The maximum atomic E-state index is 11.8. The molecule has 0 aliphatic heterocycles. The highest BCUT2D eigenvalue weighted by Crippen LogP contribution is 2.26. The maximum absolute atomic E-state index is 11.8. The van der Waals surface area contributed by atoms with E-state index in [9.17, 15) is 4.79 Å². The lowest BCUT2D eigenvalue weighted by molar-refractivity contribution is -0.117. The lowest BCUT2D eigenvalue weighted by Gasteiger charge is -2.11. The number of hydrogen-bond acceptors (Lipinski definition) is 5. The molecule has 0 saturated heterocycles. The molecule has 3 N–H and O–H groups in total. The van der Waals surface area contributed by atoms with Gasteiger partial charge in [-0.1, -0.05) is 0 Å². The number of amides is 1. The first-order valence-corrected chi connectivity index (χ1v) is 6.95. The minimum Gasteiger partial charge on any atom is -0.494 e. The standard InChI is InChI=1S/C15H24N2O4/c1-11(2)21-9-8-20-7-6-15(18)17-13-5-4-12(16)10-14(13)19-3/h4-5,10-11H,6-9,16H2,1-3H3,(H,17,18). The van der Waals surface area contributed by atoms with E-state index >= 15 is 0 Å². The lowest BCUT2D eigenvalue weighted by atomic mass is 10.2. The second-order valence-corrected chi connectivity index (χ2v) is 4.79. The molecular formula is C15H24N2O4. The number of carbonyl (C=O) groups excluding carboxylic acids is 1. The monoisotopic (exact) mass is 296 g/mol. The highest BCUT2D eigenvalue weighted by molar-refractivity contribution is 5.92. The zero-order valence-corrected chi connectivity index (χ0v) is 12.8. The van der Waals surface area contributed by atoms with E-state index in [2.05, 4.69) is 5.32 Å². The first-order chi connectivity index (χ1) is 10.0. The molecule has 6 heteroatoms. The van der Waals surface area contributed by atoms with Crippen LogP contribution in [0.1, 0.15) is 20.3 Å².